The molecule has 2 heterocycles. The smallest absolute Gasteiger partial charge is 0.124 e. The van der Waals surface area contributed by atoms with Gasteiger partial charge in [0.05, 0.1) is 0 Å². The van der Waals surface area contributed by atoms with Crippen LogP contribution in [0.25, 0.3) is 0 Å². The molecule has 0 aliphatic carbocycles. The van der Waals surface area contributed by atoms with Crippen molar-refractivity contribution in [2.24, 2.45) is 0 Å². The summed E-state index contributed by atoms with van der Waals surface area (Å²) in [5.41, 5.74) is 1.03. The average molecular weight is 283 g/mol. The lowest BCUT2D eigenvalue weighted by atomic mass is 10.0. The van der Waals surface area contributed by atoms with Crippen molar-refractivity contribution in [3.05, 3.63) is 34.6 Å². The van der Waals surface area contributed by atoms with Crippen molar-refractivity contribution in [2.45, 2.75) is 44.3 Å². The lowest BCUT2D eigenvalue weighted by Crippen LogP contribution is -2.36. The minimum atomic E-state index is -0.266. The summed E-state index contributed by atoms with van der Waals surface area (Å²) in [5, 5.41) is 4.22. The SMILES string of the molecule is CC(c1ccc(F)cc1Cl)N1CCC2CCC(C1)N2. The first-order valence-electron chi connectivity index (χ1n) is 7.08. The Labute approximate surface area is 118 Å². The summed E-state index contributed by atoms with van der Waals surface area (Å²) in [6.07, 6.45) is 3.77. The predicted molar refractivity (Wildman–Crippen MR) is 76.0 cm³/mol. The third-order valence-electron chi connectivity index (χ3n) is 4.51. The van der Waals surface area contributed by atoms with Crippen LogP contribution in [0.15, 0.2) is 18.2 Å². The van der Waals surface area contributed by atoms with Crippen LogP contribution in [-0.4, -0.2) is 30.1 Å². The van der Waals surface area contributed by atoms with Gasteiger partial charge in [-0.3, -0.25) is 4.90 Å². The van der Waals surface area contributed by atoms with Crippen molar-refractivity contribution in [1.82, 2.24) is 10.2 Å². The Morgan fingerprint density at radius 3 is 2.89 bits per heavy atom. The summed E-state index contributed by atoms with van der Waals surface area (Å²) in [6, 6.07) is 6.27. The fourth-order valence-electron chi connectivity index (χ4n) is 3.36. The number of halogens is 2. The molecule has 2 aliphatic heterocycles. The number of rotatable bonds is 2. The first kappa shape index (κ1) is 13.3. The number of fused-ring (bicyclic) bond motifs is 2. The van der Waals surface area contributed by atoms with Crippen molar-refractivity contribution >= 4 is 11.6 Å². The standard InChI is InChI=1S/C15H20ClFN2/c1-10(14-5-2-11(17)8-15(14)16)19-7-6-12-3-4-13(9-19)18-12/h2,5,8,10,12-13,18H,3-4,6-7,9H2,1H3. The fourth-order valence-corrected chi connectivity index (χ4v) is 3.68. The minimum Gasteiger partial charge on any atom is -0.310 e. The van der Waals surface area contributed by atoms with Crippen LogP contribution < -0.4 is 5.32 Å². The number of hydrogen-bond donors (Lipinski definition) is 1. The van der Waals surface area contributed by atoms with E-state index in [4.69, 9.17) is 11.6 Å². The molecule has 1 N–H and O–H groups in total. The van der Waals surface area contributed by atoms with Gasteiger partial charge in [0.25, 0.3) is 0 Å². The number of benzene rings is 1. The molecular formula is C15H20ClFN2. The maximum absolute atomic E-state index is 13.1. The lowest BCUT2D eigenvalue weighted by Gasteiger charge is -2.31. The molecule has 3 atom stereocenters. The van der Waals surface area contributed by atoms with E-state index < -0.39 is 0 Å². The predicted octanol–water partition coefficient (Wildman–Crippen LogP) is 3.37. The van der Waals surface area contributed by atoms with E-state index in [9.17, 15) is 4.39 Å². The zero-order valence-corrected chi connectivity index (χ0v) is 12.0. The number of nitrogens with one attached hydrogen (secondary N) is 1. The first-order valence-corrected chi connectivity index (χ1v) is 7.46. The van der Waals surface area contributed by atoms with Crippen molar-refractivity contribution in [3.8, 4) is 0 Å². The van der Waals surface area contributed by atoms with Gasteiger partial charge in [0.15, 0.2) is 0 Å². The van der Waals surface area contributed by atoms with Gasteiger partial charge in [0.2, 0.25) is 0 Å². The van der Waals surface area contributed by atoms with E-state index in [-0.39, 0.29) is 11.9 Å². The van der Waals surface area contributed by atoms with E-state index in [1.165, 1.54) is 31.4 Å². The van der Waals surface area contributed by atoms with Crippen molar-refractivity contribution in [1.29, 1.82) is 0 Å². The summed E-state index contributed by atoms with van der Waals surface area (Å²) in [4.78, 5) is 2.47. The van der Waals surface area contributed by atoms with Gasteiger partial charge in [0, 0.05) is 36.2 Å². The van der Waals surface area contributed by atoms with Gasteiger partial charge in [-0.25, -0.2) is 4.39 Å². The molecule has 4 heteroatoms. The molecule has 19 heavy (non-hydrogen) atoms. The lowest BCUT2D eigenvalue weighted by molar-refractivity contribution is 0.200. The number of nitrogens with zero attached hydrogens (tertiary/aromatic N) is 1. The van der Waals surface area contributed by atoms with Crippen LogP contribution in [0.2, 0.25) is 5.02 Å². The van der Waals surface area contributed by atoms with E-state index >= 15 is 0 Å². The zero-order chi connectivity index (χ0) is 13.4. The van der Waals surface area contributed by atoms with Crippen LogP contribution in [-0.2, 0) is 0 Å². The van der Waals surface area contributed by atoms with E-state index in [1.54, 1.807) is 0 Å². The highest BCUT2D eigenvalue weighted by atomic mass is 35.5. The summed E-state index contributed by atoms with van der Waals surface area (Å²) >= 11 is 6.18. The molecule has 0 radical (unpaired) electrons. The third-order valence-corrected chi connectivity index (χ3v) is 4.84. The highest BCUT2D eigenvalue weighted by Gasteiger charge is 2.31. The van der Waals surface area contributed by atoms with Crippen LogP contribution in [0.3, 0.4) is 0 Å². The molecule has 104 valence electrons. The molecular weight excluding hydrogens is 263 g/mol. The molecule has 3 unspecified atom stereocenters. The minimum absolute atomic E-state index is 0.245. The molecule has 1 aromatic rings. The van der Waals surface area contributed by atoms with E-state index in [2.05, 4.69) is 17.1 Å². The molecule has 2 saturated heterocycles. The second-order valence-corrected chi connectivity index (χ2v) is 6.17. The maximum Gasteiger partial charge on any atom is 0.124 e. The molecule has 0 aromatic heterocycles. The summed E-state index contributed by atoms with van der Waals surface area (Å²) in [5.74, 6) is -0.266. The van der Waals surface area contributed by atoms with Gasteiger partial charge >= 0.3 is 0 Å². The fraction of sp³-hybridized carbons (Fsp3) is 0.600. The maximum atomic E-state index is 13.1. The van der Waals surface area contributed by atoms with Gasteiger partial charge in [-0.15, -0.1) is 0 Å². The molecule has 0 saturated carbocycles. The Kier molecular flexibility index (Phi) is 3.79. The normalized spacial score (nSPS) is 29.2. The zero-order valence-electron chi connectivity index (χ0n) is 11.2. The van der Waals surface area contributed by atoms with Gasteiger partial charge in [-0.05, 0) is 43.9 Å². The van der Waals surface area contributed by atoms with Gasteiger partial charge in [-0.2, -0.15) is 0 Å². The van der Waals surface area contributed by atoms with Gasteiger partial charge < -0.3 is 5.32 Å². The molecule has 3 rings (SSSR count). The Morgan fingerprint density at radius 1 is 1.32 bits per heavy atom. The van der Waals surface area contributed by atoms with Gasteiger partial charge in [-0.1, -0.05) is 17.7 Å². The van der Waals surface area contributed by atoms with E-state index in [0.717, 1.165) is 18.7 Å². The topological polar surface area (TPSA) is 15.3 Å². The Morgan fingerprint density at radius 2 is 2.11 bits per heavy atom. The van der Waals surface area contributed by atoms with Crippen molar-refractivity contribution in [3.63, 3.8) is 0 Å². The van der Waals surface area contributed by atoms with Crippen LogP contribution in [0.5, 0.6) is 0 Å². The molecule has 0 amide bonds. The van der Waals surface area contributed by atoms with Crippen LogP contribution >= 0.6 is 11.6 Å². The highest BCUT2D eigenvalue weighted by Crippen LogP contribution is 2.31. The molecule has 2 aliphatic rings. The third kappa shape index (κ3) is 2.78. The van der Waals surface area contributed by atoms with Gasteiger partial charge in [0.1, 0.15) is 5.82 Å². The molecule has 2 fully saturated rings. The first-order chi connectivity index (χ1) is 9.13. The second kappa shape index (κ2) is 5.39. The molecule has 1 aromatic carbocycles. The quantitative estimate of drug-likeness (QED) is 0.895. The summed E-state index contributed by atoms with van der Waals surface area (Å²) < 4.78 is 13.1. The monoisotopic (exact) mass is 282 g/mol. The summed E-state index contributed by atoms with van der Waals surface area (Å²) in [6.45, 7) is 4.31. The van der Waals surface area contributed by atoms with Crippen LogP contribution in [0.1, 0.15) is 37.8 Å². The number of hydrogen-bond acceptors (Lipinski definition) is 2. The summed E-state index contributed by atoms with van der Waals surface area (Å²) in [7, 11) is 0. The Balaban J connectivity index is 1.77. The molecule has 0 spiro atoms. The Bertz CT molecular complexity index is 465. The van der Waals surface area contributed by atoms with Crippen molar-refractivity contribution in [2.75, 3.05) is 13.1 Å². The average Bonchev–Trinajstić information content (AvgIpc) is 2.68. The largest absolute Gasteiger partial charge is 0.310 e. The van der Waals surface area contributed by atoms with Crippen LogP contribution in [0, 0.1) is 5.82 Å². The highest BCUT2D eigenvalue weighted by molar-refractivity contribution is 6.31. The van der Waals surface area contributed by atoms with E-state index in [1.807, 2.05) is 6.07 Å². The van der Waals surface area contributed by atoms with Crippen LogP contribution in [0.4, 0.5) is 4.39 Å². The number of likely N-dealkylation sites (tertiary alicyclic amines) is 1. The molecule has 2 nitrogen and oxygen atoms in total. The van der Waals surface area contributed by atoms with Crippen molar-refractivity contribution < 1.29 is 4.39 Å². The van der Waals surface area contributed by atoms with E-state index in [0.29, 0.717) is 17.1 Å². The Hall–Kier alpha value is -0.640. The second-order valence-electron chi connectivity index (χ2n) is 5.76. The molecule has 2 bridgehead atoms.